The highest BCUT2D eigenvalue weighted by atomic mass is 32.2. The first kappa shape index (κ1) is 24.5. The van der Waals surface area contributed by atoms with Gasteiger partial charge in [0.15, 0.2) is 0 Å². The van der Waals surface area contributed by atoms with Crippen LogP contribution >= 0.6 is 0 Å². The lowest BCUT2D eigenvalue weighted by Gasteiger charge is -2.23. The van der Waals surface area contributed by atoms with Crippen LogP contribution in [0.15, 0.2) is 24.3 Å². The van der Waals surface area contributed by atoms with Crippen LogP contribution in [0, 0.1) is 10.1 Å². The third-order valence-electron chi connectivity index (χ3n) is 4.47. The first-order chi connectivity index (χ1) is 14.5. The van der Waals surface area contributed by atoms with Gasteiger partial charge in [-0.3, -0.25) is 19.1 Å². The predicted octanol–water partition coefficient (Wildman–Crippen LogP) is 0.755. The van der Waals surface area contributed by atoms with Crippen molar-refractivity contribution in [2.75, 3.05) is 40.1 Å². The molecule has 0 saturated carbocycles. The number of amides is 2. The summed E-state index contributed by atoms with van der Waals surface area (Å²) in [5.74, 6) is -0.255. The molecular formula is C18H25N3O9S. The minimum Gasteiger partial charge on any atom is -0.445 e. The Morgan fingerprint density at radius 1 is 1.26 bits per heavy atom. The van der Waals surface area contributed by atoms with Crippen LogP contribution in [0.5, 0.6) is 0 Å². The average Bonchev–Trinajstić information content (AvgIpc) is 3.06. The van der Waals surface area contributed by atoms with Gasteiger partial charge in [0.25, 0.3) is 15.8 Å². The monoisotopic (exact) mass is 459 g/mol. The normalized spacial score (nSPS) is 18.6. The van der Waals surface area contributed by atoms with Gasteiger partial charge in [-0.1, -0.05) is 0 Å². The molecule has 1 aliphatic rings. The summed E-state index contributed by atoms with van der Waals surface area (Å²) in [7, 11) is -0.562. The Kier molecular flexibility index (Phi) is 8.30. The predicted molar refractivity (Wildman–Crippen MR) is 108 cm³/mol. The molecule has 0 unspecified atom stereocenters. The summed E-state index contributed by atoms with van der Waals surface area (Å²) in [5.41, 5.74) is 0.464. The molecule has 1 aromatic rings. The summed E-state index contributed by atoms with van der Waals surface area (Å²) in [6.07, 6.45) is -0.370. The second-order valence-corrected chi connectivity index (χ2v) is 8.85. The maximum Gasteiger partial charge on any atom is 0.410 e. The molecule has 1 heterocycles. The minimum atomic E-state index is -3.73. The number of likely N-dealkylation sites (N-methyl/N-ethyl adjacent to an activating group) is 1. The van der Waals surface area contributed by atoms with Gasteiger partial charge in [0.05, 0.1) is 36.5 Å². The molecular weight excluding hydrogens is 434 g/mol. The smallest absolute Gasteiger partial charge is 0.410 e. The zero-order valence-corrected chi connectivity index (χ0v) is 18.2. The number of non-ortho nitro benzene ring substituents is 1. The molecule has 2 rings (SSSR count). The summed E-state index contributed by atoms with van der Waals surface area (Å²) < 4.78 is 38.6. The fraction of sp³-hybridized carbons (Fsp3) is 0.556. The van der Waals surface area contributed by atoms with Crippen molar-refractivity contribution >= 4 is 27.8 Å². The van der Waals surface area contributed by atoms with Crippen LogP contribution in [0.25, 0.3) is 0 Å². The molecule has 12 nitrogen and oxygen atoms in total. The number of nitro benzene ring substituents is 1. The summed E-state index contributed by atoms with van der Waals surface area (Å²) in [5, 5.41) is 10.7. The van der Waals surface area contributed by atoms with E-state index in [1.807, 2.05) is 0 Å². The van der Waals surface area contributed by atoms with Crippen molar-refractivity contribution < 1.29 is 36.6 Å². The zero-order valence-electron chi connectivity index (χ0n) is 17.4. The highest BCUT2D eigenvalue weighted by Crippen LogP contribution is 2.23. The second-order valence-electron chi connectivity index (χ2n) is 7.25. The Labute approximate surface area is 179 Å². The molecule has 31 heavy (non-hydrogen) atoms. The van der Waals surface area contributed by atoms with Crippen molar-refractivity contribution in [3.63, 3.8) is 0 Å². The Morgan fingerprint density at radius 3 is 2.45 bits per heavy atom. The molecule has 0 aliphatic carbocycles. The van der Waals surface area contributed by atoms with E-state index in [1.54, 1.807) is 14.1 Å². The molecule has 1 saturated heterocycles. The lowest BCUT2D eigenvalue weighted by molar-refractivity contribution is -0.384. The molecule has 0 radical (unpaired) electrons. The van der Waals surface area contributed by atoms with Crippen LogP contribution in [0.3, 0.4) is 0 Å². The van der Waals surface area contributed by atoms with Gasteiger partial charge in [-0.2, -0.15) is 8.42 Å². The molecule has 1 fully saturated rings. The van der Waals surface area contributed by atoms with E-state index in [1.165, 1.54) is 34.1 Å². The highest BCUT2D eigenvalue weighted by molar-refractivity contribution is 7.86. The number of hydrogen-bond donors (Lipinski definition) is 0. The molecule has 2 amide bonds. The van der Waals surface area contributed by atoms with Crippen molar-refractivity contribution in [1.82, 2.24) is 9.80 Å². The Balaban J connectivity index is 1.98. The molecule has 1 aliphatic heterocycles. The quantitative estimate of drug-likeness (QED) is 0.297. The van der Waals surface area contributed by atoms with Crippen LogP contribution in [0.1, 0.15) is 12.0 Å². The topological polar surface area (TPSA) is 146 Å². The number of nitrogens with zero attached hydrogens (tertiary/aromatic N) is 3. The third kappa shape index (κ3) is 7.77. The van der Waals surface area contributed by atoms with E-state index >= 15 is 0 Å². The van der Waals surface area contributed by atoms with Crippen LogP contribution in [0.4, 0.5) is 10.5 Å². The number of benzene rings is 1. The van der Waals surface area contributed by atoms with Gasteiger partial charge in [0.2, 0.25) is 5.91 Å². The Hall–Kier alpha value is -2.77. The summed E-state index contributed by atoms with van der Waals surface area (Å²) >= 11 is 0. The highest BCUT2D eigenvalue weighted by Gasteiger charge is 2.38. The van der Waals surface area contributed by atoms with Crippen molar-refractivity contribution in [1.29, 1.82) is 0 Å². The van der Waals surface area contributed by atoms with Gasteiger partial charge in [-0.15, -0.1) is 0 Å². The fourth-order valence-corrected chi connectivity index (χ4v) is 3.56. The average molecular weight is 459 g/mol. The molecule has 0 bridgehead atoms. The largest absolute Gasteiger partial charge is 0.445 e. The van der Waals surface area contributed by atoms with Crippen molar-refractivity contribution in [2.24, 2.45) is 0 Å². The number of carbonyl (C=O) groups is 2. The molecule has 1 aromatic carbocycles. The van der Waals surface area contributed by atoms with Gasteiger partial charge in [-0.05, 0) is 24.1 Å². The van der Waals surface area contributed by atoms with E-state index in [0.717, 1.165) is 6.26 Å². The summed E-state index contributed by atoms with van der Waals surface area (Å²) in [6, 6.07) is 4.99. The number of carbonyl (C=O) groups excluding carboxylic acids is 2. The lowest BCUT2D eigenvalue weighted by atomic mass is 10.2. The van der Waals surface area contributed by atoms with E-state index in [4.69, 9.17) is 13.7 Å². The Morgan fingerprint density at radius 2 is 1.90 bits per heavy atom. The zero-order chi connectivity index (χ0) is 23.2. The van der Waals surface area contributed by atoms with E-state index in [2.05, 4.69) is 0 Å². The number of rotatable bonds is 9. The van der Waals surface area contributed by atoms with Crippen molar-refractivity contribution in [2.45, 2.75) is 25.2 Å². The fourth-order valence-electron chi connectivity index (χ4n) is 2.93. The molecule has 13 heteroatoms. The third-order valence-corrected chi connectivity index (χ3v) is 5.09. The van der Waals surface area contributed by atoms with Crippen LogP contribution in [0.2, 0.25) is 0 Å². The van der Waals surface area contributed by atoms with E-state index in [9.17, 15) is 28.1 Å². The van der Waals surface area contributed by atoms with E-state index < -0.39 is 33.3 Å². The molecule has 0 N–H and O–H groups in total. The first-order valence-electron chi connectivity index (χ1n) is 9.29. The maximum absolute atomic E-state index is 12.6. The molecule has 2 atom stereocenters. The van der Waals surface area contributed by atoms with Gasteiger partial charge in [0, 0.05) is 26.2 Å². The summed E-state index contributed by atoms with van der Waals surface area (Å²) in [6.45, 7) is -0.345. The Bertz CT molecular complexity index is 902. The van der Waals surface area contributed by atoms with Crippen LogP contribution < -0.4 is 0 Å². The first-order valence-corrected chi connectivity index (χ1v) is 11.1. The standard InChI is InChI=1S/C18H25N3O9S/c1-19(2)17(22)12-28-11-15-8-16(30-31(3,26)27)9-20(15)18(23)29-10-13-4-6-14(7-5-13)21(24)25/h4-7,15-16H,8-12H2,1-3H3/t15-,16+/m0/s1. The van der Waals surface area contributed by atoms with E-state index in [-0.39, 0.29) is 44.4 Å². The number of hydrogen-bond acceptors (Lipinski definition) is 9. The number of likely N-dealkylation sites (tertiary alicyclic amines) is 1. The number of ether oxygens (including phenoxy) is 2. The molecule has 0 aromatic heterocycles. The molecule has 0 spiro atoms. The van der Waals surface area contributed by atoms with Gasteiger partial charge in [-0.25, -0.2) is 4.79 Å². The molecule has 172 valence electrons. The SMILES string of the molecule is CN(C)C(=O)COC[C@@H]1C[C@@H](OS(C)(=O)=O)CN1C(=O)OCc1ccc([N+](=O)[O-])cc1. The second kappa shape index (κ2) is 10.5. The van der Waals surface area contributed by atoms with Gasteiger partial charge < -0.3 is 19.3 Å². The van der Waals surface area contributed by atoms with Gasteiger partial charge in [0.1, 0.15) is 13.2 Å². The van der Waals surface area contributed by atoms with Crippen molar-refractivity contribution in [3.8, 4) is 0 Å². The van der Waals surface area contributed by atoms with Crippen molar-refractivity contribution in [3.05, 3.63) is 39.9 Å². The van der Waals surface area contributed by atoms with Crippen LogP contribution in [-0.4, -0.2) is 87.4 Å². The number of nitro groups is 1. The van der Waals surface area contributed by atoms with Gasteiger partial charge >= 0.3 is 6.09 Å². The van der Waals surface area contributed by atoms with E-state index in [0.29, 0.717) is 5.56 Å². The lowest BCUT2D eigenvalue weighted by Crippen LogP contribution is -2.39. The maximum atomic E-state index is 12.6. The van der Waals surface area contributed by atoms with Crippen LogP contribution in [-0.2, 0) is 35.2 Å². The minimum absolute atomic E-state index is 0.00413. The summed E-state index contributed by atoms with van der Waals surface area (Å²) in [4.78, 5) is 37.1.